The molecule has 0 aromatic carbocycles. The molecule has 2 aliphatic rings. The zero-order valence-electron chi connectivity index (χ0n) is 13.4. The highest BCUT2D eigenvalue weighted by Crippen LogP contribution is 2.35. The van der Waals surface area contributed by atoms with Crippen molar-refractivity contribution in [2.24, 2.45) is 11.3 Å². The number of carboxylic acid groups (broad SMARTS) is 1. The molecule has 2 fully saturated rings. The monoisotopic (exact) mass is 296 g/mol. The van der Waals surface area contributed by atoms with Crippen molar-refractivity contribution in [1.29, 1.82) is 0 Å². The Morgan fingerprint density at radius 3 is 2.38 bits per heavy atom. The summed E-state index contributed by atoms with van der Waals surface area (Å²) in [6.45, 7) is 6.65. The van der Waals surface area contributed by atoms with Crippen molar-refractivity contribution in [1.82, 2.24) is 10.2 Å². The van der Waals surface area contributed by atoms with Crippen LogP contribution in [0.1, 0.15) is 59.3 Å². The number of hydrogen-bond acceptors (Lipinski definition) is 2. The van der Waals surface area contributed by atoms with Crippen LogP contribution in [0.3, 0.4) is 0 Å². The Morgan fingerprint density at radius 2 is 1.81 bits per heavy atom. The average Bonchev–Trinajstić information content (AvgIpc) is 2.39. The summed E-state index contributed by atoms with van der Waals surface area (Å²) in [5.41, 5.74) is -0.373. The molecule has 1 saturated carbocycles. The Kier molecular flexibility index (Phi) is 4.79. The molecule has 1 saturated heterocycles. The topological polar surface area (TPSA) is 69.6 Å². The fraction of sp³-hybridized carbons (Fsp3) is 0.875. The number of amides is 2. The second kappa shape index (κ2) is 6.24. The van der Waals surface area contributed by atoms with Gasteiger partial charge in [0, 0.05) is 12.6 Å². The van der Waals surface area contributed by atoms with Crippen LogP contribution in [-0.2, 0) is 4.79 Å². The van der Waals surface area contributed by atoms with Crippen LogP contribution in [0.15, 0.2) is 0 Å². The Labute approximate surface area is 127 Å². The maximum Gasteiger partial charge on any atom is 0.327 e. The van der Waals surface area contributed by atoms with Crippen LogP contribution in [0.4, 0.5) is 4.79 Å². The lowest BCUT2D eigenvalue weighted by atomic mass is 9.76. The maximum atomic E-state index is 12.5. The molecule has 2 amide bonds. The number of piperidine rings is 1. The summed E-state index contributed by atoms with van der Waals surface area (Å²) < 4.78 is 0. The van der Waals surface area contributed by atoms with Crippen molar-refractivity contribution in [3.63, 3.8) is 0 Å². The fourth-order valence-electron chi connectivity index (χ4n) is 3.74. The Bertz CT molecular complexity index is 400. The third-order valence-corrected chi connectivity index (χ3v) is 5.11. The Balaban J connectivity index is 2.01. The summed E-state index contributed by atoms with van der Waals surface area (Å²) in [6, 6.07) is -0.725. The molecule has 5 heteroatoms. The smallest absolute Gasteiger partial charge is 0.327 e. The van der Waals surface area contributed by atoms with Gasteiger partial charge < -0.3 is 15.3 Å². The van der Waals surface area contributed by atoms with E-state index in [0.29, 0.717) is 6.54 Å². The van der Waals surface area contributed by atoms with E-state index in [-0.39, 0.29) is 17.5 Å². The Hall–Kier alpha value is -1.26. The second-order valence-corrected chi connectivity index (χ2v) is 7.43. The van der Waals surface area contributed by atoms with E-state index in [9.17, 15) is 14.7 Å². The highest BCUT2D eigenvalue weighted by molar-refractivity contribution is 5.83. The van der Waals surface area contributed by atoms with Gasteiger partial charge >= 0.3 is 12.0 Å². The van der Waals surface area contributed by atoms with E-state index >= 15 is 0 Å². The number of urea groups is 1. The molecule has 1 atom stereocenters. The van der Waals surface area contributed by atoms with Crippen LogP contribution in [0.25, 0.3) is 0 Å². The predicted octanol–water partition coefficient (Wildman–Crippen LogP) is 2.85. The van der Waals surface area contributed by atoms with Crippen molar-refractivity contribution >= 4 is 12.0 Å². The molecule has 0 aromatic rings. The zero-order valence-corrected chi connectivity index (χ0v) is 13.4. The molecule has 1 heterocycles. The molecule has 0 bridgehead atoms. The number of aliphatic carboxylic acids is 1. The van der Waals surface area contributed by atoms with Crippen LogP contribution < -0.4 is 5.32 Å². The lowest BCUT2D eigenvalue weighted by Gasteiger charge is -2.44. The summed E-state index contributed by atoms with van der Waals surface area (Å²) in [5.74, 6) is -0.161. The quantitative estimate of drug-likeness (QED) is 0.823. The molecule has 1 aliphatic heterocycles. The molecular formula is C16H28N2O3. The summed E-state index contributed by atoms with van der Waals surface area (Å²) in [5, 5.41) is 12.6. The van der Waals surface area contributed by atoms with Crippen molar-refractivity contribution < 1.29 is 14.7 Å². The standard InChI is InChI=1S/C16H28N2O3/c1-11-5-7-12(8-6-11)17-15(21)18-10-4-9-16(2,3)13(18)14(19)20/h11-13H,4-10H2,1-3H3,(H,17,21)(H,19,20). The first-order chi connectivity index (χ1) is 9.81. The average molecular weight is 296 g/mol. The van der Waals surface area contributed by atoms with Gasteiger partial charge in [-0.05, 0) is 49.9 Å². The highest BCUT2D eigenvalue weighted by atomic mass is 16.4. The van der Waals surface area contributed by atoms with E-state index in [2.05, 4.69) is 12.2 Å². The predicted molar refractivity (Wildman–Crippen MR) is 81.1 cm³/mol. The maximum absolute atomic E-state index is 12.5. The van der Waals surface area contributed by atoms with Crippen LogP contribution >= 0.6 is 0 Å². The van der Waals surface area contributed by atoms with Gasteiger partial charge in [-0.15, -0.1) is 0 Å². The molecule has 2 N–H and O–H groups in total. The van der Waals surface area contributed by atoms with Crippen molar-refractivity contribution in [3.05, 3.63) is 0 Å². The summed E-state index contributed by atoms with van der Waals surface area (Å²) in [7, 11) is 0. The molecule has 1 aliphatic carbocycles. The minimum Gasteiger partial charge on any atom is -0.480 e. The van der Waals surface area contributed by atoms with Gasteiger partial charge in [-0.3, -0.25) is 0 Å². The van der Waals surface area contributed by atoms with Gasteiger partial charge in [0.1, 0.15) is 6.04 Å². The van der Waals surface area contributed by atoms with Crippen molar-refractivity contribution in [2.75, 3.05) is 6.54 Å². The molecule has 2 rings (SSSR count). The van der Waals surface area contributed by atoms with Crippen LogP contribution in [0.2, 0.25) is 0 Å². The lowest BCUT2D eigenvalue weighted by Crippen LogP contribution is -2.59. The lowest BCUT2D eigenvalue weighted by molar-refractivity contribution is -0.148. The van der Waals surface area contributed by atoms with E-state index in [4.69, 9.17) is 0 Å². The van der Waals surface area contributed by atoms with Crippen LogP contribution in [0.5, 0.6) is 0 Å². The van der Waals surface area contributed by atoms with Crippen LogP contribution in [-0.4, -0.2) is 40.6 Å². The first-order valence-electron chi connectivity index (χ1n) is 8.11. The number of likely N-dealkylation sites (tertiary alicyclic amines) is 1. The van der Waals surface area contributed by atoms with Gasteiger partial charge in [0.25, 0.3) is 0 Å². The number of nitrogens with one attached hydrogen (secondary N) is 1. The van der Waals surface area contributed by atoms with Gasteiger partial charge in [-0.2, -0.15) is 0 Å². The van der Waals surface area contributed by atoms with E-state index in [0.717, 1.165) is 44.4 Å². The van der Waals surface area contributed by atoms with Gasteiger partial charge in [0.2, 0.25) is 0 Å². The van der Waals surface area contributed by atoms with E-state index in [1.165, 1.54) is 4.90 Å². The number of carbonyl (C=O) groups excluding carboxylic acids is 1. The number of hydrogen-bond donors (Lipinski definition) is 2. The summed E-state index contributed by atoms with van der Waals surface area (Å²) >= 11 is 0. The van der Waals surface area contributed by atoms with Gasteiger partial charge in [0.15, 0.2) is 0 Å². The molecule has 0 radical (unpaired) electrons. The zero-order chi connectivity index (χ0) is 15.6. The third-order valence-electron chi connectivity index (χ3n) is 5.11. The molecule has 0 spiro atoms. The van der Waals surface area contributed by atoms with Gasteiger partial charge in [-0.25, -0.2) is 9.59 Å². The molecule has 120 valence electrons. The third kappa shape index (κ3) is 3.69. The normalized spacial score (nSPS) is 32.5. The number of rotatable bonds is 2. The molecule has 5 nitrogen and oxygen atoms in total. The van der Waals surface area contributed by atoms with Gasteiger partial charge in [0.05, 0.1) is 0 Å². The summed E-state index contributed by atoms with van der Waals surface area (Å²) in [4.78, 5) is 25.6. The highest BCUT2D eigenvalue weighted by Gasteiger charge is 2.44. The van der Waals surface area contributed by atoms with E-state index < -0.39 is 12.0 Å². The first kappa shape index (κ1) is 16.1. The van der Waals surface area contributed by atoms with Crippen LogP contribution in [0, 0.1) is 11.3 Å². The summed E-state index contributed by atoms with van der Waals surface area (Å²) in [6.07, 6.45) is 5.99. The van der Waals surface area contributed by atoms with E-state index in [1.54, 1.807) is 0 Å². The van der Waals surface area contributed by atoms with E-state index in [1.807, 2.05) is 13.8 Å². The minimum atomic E-state index is -0.896. The Morgan fingerprint density at radius 1 is 1.19 bits per heavy atom. The first-order valence-corrected chi connectivity index (χ1v) is 8.11. The molecule has 1 unspecified atom stereocenters. The number of carbonyl (C=O) groups is 2. The van der Waals surface area contributed by atoms with Crippen molar-refractivity contribution in [3.8, 4) is 0 Å². The number of carboxylic acids is 1. The molecular weight excluding hydrogens is 268 g/mol. The van der Waals surface area contributed by atoms with Gasteiger partial charge in [-0.1, -0.05) is 20.8 Å². The molecule has 21 heavy (non-hydrogen) atoms. The number of nitrogens with zero attached hydrogens (tertiary/aromatic N) is 1. The molecule has 0 aromatic heterocycles. The largest absolute Gasteiger partial charge is 0.480 e. The van der Waals surface area contributed by atoms with Crippen molar-refractivity contribution in [2.45, 2.75) is 71.4 Å². The SMILES string of the molecule is CC1CCC(NC(=O)N2CCCC(C)(C)C2C(=O)O)CC1. The fourth-order valence-corrected chi connectivity index (χ4v) is 3.74. The minimum absolute atomic E-state index is 0.199. The second-order valence-electron chi connectivity index (χ2n) is 7.43.